The third-order valence-corrected chi connectivity index (χ3v) is 5.15. The molecule has 3 rings (SSSR count). The number of nitrogens with two attached hydrogens (primary N) is 1. The van der Waals surface area contributed by atoms with Crippen LogP contribution in [-0.2, 0) is 13.6 Å². The van der Waals surface area contributed by atoms with Gasteiger partial charge in [-0.05, 0) is 35.0 Å². The minimum Gasteiger partial charge on any atom is -0.455 e. The summed E-state index contributed by atoms with van der Waals surface area (Å²) in [6, 6.07) is 11.8. The summed E-state index contributed by atoms with van der Waals surface area (Å²) in [4.78, 5) is 0. The Bertz CT molecular complexity index is 813. The maximum Gasteiger partial charge on any atom is 0.209 e. The van der Waals surface area contributed by atoms with Crippen LogP contribution in [0.3, 0.4) is 0 Å². The van der Waals surface area contributed by atoms with Gasteiger partial charge in [0.15, 0.2) is 5.76 Å². The highest BCUT2D eigenvalue weighted by Crippen LogP contribution is 2.23. The minimum atomic E-state index is -0.450. The first-order valence-electron chi connectivity index (χ1n) is 8.67. The van der Waals surface area contributed by atoms with Crippen LogP contribution in [0, 0.1) is 0 Å². The van der Waals surface area contributed by atoms with Crippen molar-refractivity contribution < 1.29 is 14.8 Å². The second-order valence-corrected chi connectivity index (χ2v) is 7.19. The normalized spacial score (nSPS) is 12.4. The molecule has 2 aromatic heterocycles. The van der Waals surface area contributed by atoms with Crippen molar-refractivity contribution in [2.45, 2.75) is 31.1 Å². The summed E-state index contributed by atoms with van der Waals surface area (Å²) in [5, 5.41) is 24.1. The predicted molar refractivity (Wildman–Crippen MR) is 99.4 cm³/mol. The van der Waals surface area contributed by atoms with Crippen molar-refractivity contribution in [3.63, 3.8) is 0 Å². The van der Waals surface area contributed by atoms with Crippen LogP contribution in [0.25, 0.3) is 11.3 Å². The van der Waals surface area contributed by atoms with E-state index in [1.807, 2.05) is 43.4 Å². The van der Waals surface area contributed by atoms with E-state index in [1.54, 1.807) is 23.4 Å². The predicted octanol–water partition coefficient (Wildman–Crippen LogP) is 1.77. The Labute approximate surface area is 156 Å². The van der Waals surface area contributed by atoms with Crippen LogP contribution in [0.5, 0.6) is 0 Å². The highest BCUT2D eigenvalue weighted by atomic mass is 32.2. The molecule has 0 radical (unpaired) electrons. The monoisotopic (exact) mass is 374 g/mol. The largest absolute Gasteiger partial charge is 0.455 e. The molecule has 2 heterocycles. The number of quaternary nitrogens is 1. The summed E-state index contributed by atoms with van der Waals surface area (Å²) in [6.07, 6.45) is 0.625. The van der Waals surface area contributed by atoms with Gasteiger partial charge in [0.1, 0.15) is 12.3 Å². The number of nitrogens with zero attached hydrogens (tertiary/aromatic N) is 4. The number of hydrogen-bond donors (Lipinski definition) is 2. The summed E-state index contributed by atoms with van der Waals surface area (Å²) < 4.78 is 7.61. The van der Waals surface area contributed by atoms with Crippen molar-refractivity contribution >= 4 is 11.8 Å². The summed E-state index contributed by atoms with van der Waals surface area (Å²) in [5.74, 6) is 2.81. The average Bonchev–Trinajstić information content (AvgIpc) is 3.27. The molecule has 0 amide bonds. The Balaban J connectivity index is 1.40. The minimum absolute atomic E-state index is 0.450. The van der Waals surface area contributed by atoms with Crippen molar-refractivity contribution in [1.82, 2.24) is 20.2 Å². The summed E-state index contributed by atoms with van der Waals surface area (Å²) in [5.41, 5.74) is 1.93. The third kappa shape index (κ3) is 4.94. The fraction of sp³-hybridized carbons (Fsp3) is 0.389. The van der Waals surface area contributed by atoms with Gasteiger partial charge in [-0.1, -0.05) is 36.0 Å². The number of aromatic nitrogens is 4. The smallest absolute Gasteiger partial charge is 0.209 e. The van der Waals surface area contributed by atoms with Crippen molar-refractivity contribution in [2.24, 2.45) is 7.05 Å². The number of furan rings is 1. The Morgan fingerprint density at radius 3 is 2.73 bits per heavy atom. The number of aliphatic hydroxyl groups is 1. The Kier molecular flexibility index (Phi) is 6.43. The van der Waals surface area contributed by atoms with Gasteiger partial charge in [-0.3, -0.25) is 0 Å². The summed E-state index contributed by atoms with van der Waals surface area (Å²) in [7, 11) is 1.85. The van der Waals surface area contributed by atoms with Gasteiger partial charge < -0.3 is 14.8 Å². The molecule has 3 aromatic rings. The average molecular weight is 374 g/mol. The SMILES string of the molecule is C[C@@H](O)c1ccc(-c2ccc(C[NH2+]CCCSc3nnnn3C)o2)cc1. The van der Waals surface area contributed by atoms with E-state index in [2.05, 4.69) is 20.8 Å². The Morgan fingerprint density at radius 1 is 1.23 bits per heavy atom. The lowest BCUT2D eigenvalue weighted by Crippen LogP contribution is -2.82. The first-order valence-corrected chi connectivity index (χ1v) is 9.66. The van der Waals surface area contributed by atoms with E-state index in [0.717, 1.165) is 53.1 Å². The summed E-state index contributed by atoms with van der Waals surface area (Å²) >= 11 is 1.67. The molecule has 138 valence electrons. The molecule has 0 saturated heterocycles. The Hall–Kier alpha value is -2.16. The van der Waals surface area contributed by atoms with Gasteiger partial charge in [-0.25, -0.2) is 4.68 Å². The standard InChI is InChI=1S/C18H23N5O2S/c1-13(24)14-4-6-15(7-5-14)17-9-8-16(25-17)12-19-10-3-11-26-18-20-21-22-23(18)2/h4-9,13,19,24H,3,10-12H2,1-2H3/p+1/t13-/m1/s1. The van der Waals surface area contributed by atoms with Gasteiger partial charge in [0.2, 0.25) is 5.16 Å². The molecule has 0 fully saturated rings. The van der Waals surface area contributed by atoms with E-state index in [0.29, 0.717) is 0 Å². The number of rotatable bonds is 9. The van der Waals surface area contributed by atoms with E-state index in [-0.39, 0.29) is 0 Å². The van der Waals surface area contributed by atoms with Crippen molar-refractivity contribution in [3.8, 4) is 11.3 Å². The molecule has 0 spiro atoms. The zero-order chi connectivity index (χ0) is 18.4. The molecule has 0 aliphatic heterocycles. The quantitative estimate of drug-likeness (QED) is 0.438. The lowest BCUT2D eigenvalue weighted by molar-refractivity contribution is -0.672. The number of benzene rings is 1. The Morgan fingerprint density at radius 2 is 2.04 bits per heavy atom. The molecule has 8 heteroatoms. The van der Waals surface area contributed by atoms with Crippen LogP contribution < -0.4 is 5.32 Å². The molecule has 1 aromatic carbocycles. The van der Waals surface area contributed by atoms with Crippen molar-refractivity contribution in [3.05, 3.63) is 47.7 Å². The first-order chi connectivity index (χ1) is 12.6. The van der Waals surface area contributed by atoms with Gasteiger partial charge in [-0.2, -0.15) is 0 Å². The van der Waals surface area contributed by atoms with E-state index in [9.17, 15) is 5.11 Å². The van der Waals surface area contributed by atoms with Gasteiger partial charge in [0.25, 0.3) is 0 Å². The molecule has 1 atom stereocenters. The van der Waals surface area contributed by atoms with Crippen LogP contribution in [-0.4, -0.2) is 37.6 Å². The van der Waals surface area contributed by atoms with E-state index >= 15 is 0 Å². The highest BCUT2D eigenvalue weighted by Gasteiger charge is 2.08. The molecule has 26 heavy (non-hydrogen) atoms. The van der Waals surface area contributed by atoms with Crippen molar-refractivity contribution in [2.75, 3.05) is 12.3 Å². The fourth-order valence-electron chi connectivity index (χ4n) is 2.55. The molecule has 0 saturated carbocycles. The number of aryl methyl sites for hydroxylation is 1. The van der Waals surface area contributed by atoms with Gasteiger partial charge in [0.05, 0.1) is 12.6 Å². The third-order valence-electron chi connectivity index (χ3n) is 4.05. The van der Waals surface area contributed by atoms with Crippen LogP contribution in [0.1, 0.15) is 30.8 Å². The van der Waals surface area contributed by atoms with Gasteiger partial charge in [0, 0.05) is 24.8 Å². The zero-order valence-corrected chi connectivity index (χ0v) is 15.8. The van der Waals surface area contributed by atoms with Crippen LogP contribution in [0.15, 0.2) is 46.0 Å². The van der Waals surface area contributed by atoms with E-state index < -0.39 is 6.10 Å². The van der Waals surface area contributed by atoms with Crippen molar-refractivity contribution in [1.29, 1.82) is 0 Å². The number of aliphatic hydroxyl groups excluding tert-OH is 1. The highest BCUT2D eigenvalue weighted by molar-refractivity contribution is 7.99. The maximum absolute atomic E-state index is 9.58. The molecule has 0 aliphatic carbocycles. The first kappa shape index (κ1) is 18.6. The van der Waals surface area contributed by atoms with Gasteiger partial charge >= 0.3 is 0 Å². The van der Waals surface area contributed by atoms with Crippen LogP contribution >= 0.6 is 11.8 Å². The number of thioether (sulfide) groups is 1. The zero-order valence-electron chi connectivity index (χ0n) is 15.0. The fourth-order valence-corrected chi connectivity index (χ4v) is 3.36. The van der Waals surface area contributed by atoms with E-state index in [1.165, 1.54) is 0 Å². The molecule has 7 nitrogen and oxygen atoms in total. The maximum atomic E-state index is 9.58. The molecule has 0 aliphatic rings. The second-order valence-electron chi connectivity index (χ2n) is 6.13. The molecular formula is C18H24N5O2S+. The van der Waals surface area contributed by atoms with Crippen LogP contribution in [0.2, 0.25) is 0 Å². The van der Waals surface area contributed by atoms with E-state index in [4.69, 9.17) is 4.42 Å². The number of tetrazole rings is 1. The molecule has 0 unspecified atom stereocenters. The lowest BCUT2D eigenvalue weighted by Gasteiger charge is -2.04. The second kappa shape index (κ2) is 8.98. The number of hydrogen-bond acceptors (Lipinski definition) is 6. The molecule has 0 bridgehead atoms. The van der Waals surface area contributed by atoms with Crippen LogP contribution in [0.4, 0.5) is 0 Å². The lowest BCUT2D eigenvalue weighted by atomic mass is 10.1. The molecule has 3 N–H and O–H groups in total. The molecular weight excluding hydrogens is 350 g/mol. The topological polar surface area (TPSA) is 93.6 Å². The summed E-state index contributed by atoms with van der Waals surface area (Å²) in [6.45, 7) is 3.61. The van der Waals surface area contributed by atoms with Gasteiger partial charge in [-0.15, -0.1) is 5.10 Å².